The number of aryl methyl sites for hydroxylation is 1. The van der Waals surface area contributed by atoms with Crippen molar-refractivity contribution in [1.82, 2.24) is 10.0 Å². The molecule has 0 saturated carbocycles. The molecule has 8 heteroatoms. The number of ether oxygens (including phenoxy) is 1. The molecule has 2 heterocycles. The normalized spacial score (nSPS) is 13.1. The first-order chi connectivity index (χ1) is 16.9. The number of halogens is 1. The predicted octanol–water partition coefficient (Wildman–Crippen LogP) is 5.33. The van der Waals surface area contributed by atoms with Gasteiger partial charge in [0.1, 0.15) is 18.1 Å². The predicted molar refractivity (Wildman–Crippen MR) is 136 cm³/mol. The lowest BCUT2D eigenvalue weighted by atomic mass is 9.99. The number of nitrogens with one attached hydrogen (secondary N) is 1. The number of ketones is 2. The van der Waals surface area contributed by atoms with E-state index in [0.29, 0.717) is 29.0 Å². The number of aromatic nitrogens is 1. The van der Waals surface area contributed by atoms with Crippen LogP contribution < -0.4 is 10.2 Å². The summed E-state index contributed by atoms with van der Waals surface area (Å²) in [4.78, 5) is 42.5. The van der Waals surface area contributed by atoms with Crippen LogP contribution >= 0.6 is 15.9 Å². The Kier molecular flexibility index (Phi) is 5.90. The first-order valence-corrected chi connectivity index (χ1v) is 11.9. The van der Waals surface area contributed by atoms with Crippen LogP contribution in [0.5, 0.6) is 5.75 Å². The SMILES string of the molecule is CCn1c2ccc(C(=O)c3ccc(Br)cc3)cc2c2c3c(ccc21)C(=O)C(NOC(C)=O)=CCO3. The van der Waals surface area contributed by atoms with Gasteiger partial charge in [0, 0.05) is 40.0 Å². The molecule has 1 N–H and O–H groups in total. The number of nitrogens with zero attached hydrogens (tertiary/aromatic N) is 1. The molecule has 1 aliphatic rings. The summed E-state index contributed by atoms with van der Waals surface area (Å²) in [6, 6.07) is 16.4. The zero-order valence-electron chi connectivity index (χ0n) is 19.1. The van der Waals surface area contributed by atoms with Crippen LogP contribution in [0.4, 0.5) is 0 Å². The third kappa shape index (κ3) is 4.00. The van der Waals surface area contributed by atoms with Gasteiger partial charge in [-0.1, -0.05) is 15.9 Å². The Morgan fingerprint density at radius 2 is 1.77 bits per heavy atom. The van der Waals surface area contributed by atoms with Crippen molar-refractivity contribution in [3.05, 3.63) is 87.5 Å². The van der Waals surface area contributed by atoms with E-state index in [4.69, 9.17) is 9.57 Å². The van der Waals surface area contributed by atoms with E-state index >= 15 is 0 Å². The molecule has 0 bridgehead atoms. The first kappa shape index (κ1) is 22.9. The van der Waals surface area contributed by atoms with Crippen molar-refractivity contribution >= 4 is 55.3 Å². The molecule has 0 saturated heterocycles. The Balaban J connectivity index is 1.67. The molecule has 0 unspecified atom stereocenters. The second-order valence-electron chi connectivity index (χ2n) is 8.10. The molecule has 176 valence electrons. The van der Waals surface area contributed by atoms with Crippen LogP contribution in [0.25, 0.3) is 21.8 Å². The van der Waals surface area contributed by atoms with Crippen LogP contribution in [0.15, 0.2) is 70.8 Å². The number of Topliss-reactive ketones (excluding diaryl/α,β-unsaturated/α-hetero) is 1. The number of allylic oxidation sites excluding steroid dienone is 1. The minimum absolute atomic E-state index is 0.0923. The zero-order valence-corrected chi connectivity index (χ0v) is 20.6. The largest absolute Gasteiger partial charge is 0.488 e. The molecular formula is C27H21BrN2O5. The maximum Gasteiger partial charge on any atom is 0.329 e. The molecular weight excluding hydrogens is 512 g/mol. The fourth-order valence-corrected chi connectivity index (χ4v) is 4.66. The number of carbonyl (C=O) groups is 3. The van der Waals surface area contributed by atoms with Gasteiger partial charge in [0.25, 0.3) is 0 Å². The number of carbonyl (C=O) groups excluding carboxylic acids is 3. The van der Waals surface area contributed by atoms with Crippen molar-refractivity contribution in [1.29, 1.82) is 0 Å². The third-order valence-electron chi connectivity index (χ3n) is 5.98. The van der Waals surface area contributed by atoms with E-state index in [-0.39, 0.29) is 23.9 Å². The Labute approximate surface area is 209 Å². The molecule has 0 aliphatic carbocycles. The Hall–Kier alpha value is -3.91. The number of benzene rings is 3. The van der Waals surface area contributed by atoms with Gasteiger partial charge in [0.15, 0.2) is 5.78 Å². The highest BCUT2D eigenvalue weighted by Crippen LogP contribution is 2.40. The first-order valence-electron chi connectivity index (χ1n) is 11.1. The quantitative estimate of drug-likeness (QED) is 0.276. The molecule has 3 aromatic carbocycles. The highest BCUT2D eigenvalue weighted by molar-refractivity contribution is 9.10. The lowest BCUT2D eigenvalue weighted by molar-refractivity contribution is -0.146. The van der Waals surface area contributed by atoms with Crippen molar-refractivity contribution in [3.63, 3.8) is 0 Å². The average molecular weight is 533 g/mol. The number of rotatable bonds is 5. The highest BCUT2D eigenvalue weighted by atomic mass is 79.9. The monoisotopic (exact) mass is 532 g/mol. The second kappa shape index (κ2) is 9.03. The fourth-order valence-electron chi connectivity index (χ4n) is 4.40. The molecule has 35 heavy (non-hydrogen) atoms. The van der Waals surface area contributed by atoms with Crippen LogP contribution in [0, 0.1) is 0 Å². The van der Waals surface area contributed by atoms with Crippen molar-refractivity contribution in [3.8, 4) is 5.75 Å². The summed E-state index contributed by atoms with van der Waals surface area (Å²) in [5.74, 6) is -0.562. The minimum Gasteiger partial charge on any atom is -0.488 e. The molecule has 0 amide bonds. The van der Waals surface area contributed by atoms with Gasteiger partial charge in [0.2, 0.25) is 5.78 Å². The maximum atomic E-state index is 13.2. The molecule has 4 aromatic rings. The average Bonchev–Trinajstić information content (AvgIpc) is 3.09. The van der Waals surface area contributed by atoms with Crippen LogP contribution in [0.3, 0.4) is 0 Å². The summed E-state index contributed by atoms with van der Waals surface area (Å²) in [5.41, 5.74) is 5.88. The van der Waals surface area contributed by atoms with Gasteiger partial charge in [-0.15, -0.1) is 0 Å². The number of hydrogen-bond donors (Lipinski definition) is 1. The molecule has 0 spiro atoms. The summed E-state index contributed by atoms with van der Waals surface area (Å²) < 4.78 is 9.08. The molecule has 0 fully saturated rings. The Morgan fingerprint density at radius 3 is 2.49 bits per heavy atom. The topological polar surface area (TPSA) is 86.6 Å². The highest BCUT2D eigenvalue weighted by Gasteiger charge is 2.26. The summed E-state index contributed by atoms with van der Waals surface area (Å²) >= 11 is 3.40. The molecule has 5 rings (SSSR count). The Morgan fingerprint density at radius 1 is 1.06 bits per heavy atom. The Bertz CT molecular complexity index is 1550. The molecule has 1 aliphatic heterocycles. The number of fused-ring (bicyclic) bond motifs is 5. The van der Waals surface area contributed by atoms with Gasteiger partial charge in [0.05, 0.1) is 16.5 Å². The van der Waals surface area contributed by atoms with E-state index in [1.165, 1.54) is 6.92 Å². The van der Waals surface area contributed by atoms with Crippen LogP contribution in [-0.4, -0.2) is 28.7 Å². The molecule has 7 nitrogen and oxygen atoms in total. The van der Waals surface area contributed by atoms with Crippen LogP contribution in [0.1, 0.15) is 40.1 Å². The molecule has 0 radical (unpaired) electrons. The van der Waals surface area contributed by atoms with Gasteiger partial charge < -0.3 is 14.1 Å². The maximum absolute atomic E-state index is 13.2. The fraction of sp³-hybridized carbons (Fsp3) is 0.148. The number of hydroxylamine groups is 1. The van der Waals surface area contributed by atoms with Crippen molar-refractivity contribution in [2.24, 2.45) is 0 Å². The third-order valence-corrected chi connectivity index (χ3v) is 6.51. The van der Waals surface area contributed by atoms with E-state index in [1.807, 2.05) is 43.3 Å². The lowest BCUT2D eigenvalue weighted by Crippen LogP contribution is -2.23. The smallest absolute Gasteiger partial charge is 0.329 e. The van der Waals surface area contributed by atoms with E-state index < -0.39 is 5.97 Å². The second-order valence-corrected chi connectivity index (χ2v) is 9.02. The number of hydrogen-bond acceptors (Lipinski definition) is 6. The lowest BCUT2D eigenvalue weighted by Gasteiger charge is -2.10. The van der Waals surface area contributed by atoms with E-state index in [9.17, 15) is 14.4 Å². The van der Waals surface area contributed by atoms with Crippen molar-refractivity contribution < 1.29 is 24.0 Å². The molecule has 1 aromatic heterocycles. The zero-order chi connectivity index (χ0) is 24.7. The van der Waals surface area contributed by atoms with Gasteiger partial charge >= 0.3 is 5.97 Å². The van der Waals surface area contributed by atoms with E-state index in [2.05, 4.69) is 26.0 Å². The van der Waals surface area contributed by atoms with E-state index in [0.717, 1.165) is 26.3 Å². The van der Waals surface area contributed by atoms with Crippen molar-refractivity contribution in [2.45, 2.75) is 20.4 Å². The summed E-state index contributed by atoms with van der Waals surface area (Å²) in [6.45, 7) is 4.09. The standard InChI is InChI=1S/C27H21BrN2O5/c1-3-30-22-10-6-17(25(32)16-4-7-18(28)8-5-16)14-20(22)24-23(30)11-9-19-26(33)21(29-35-15(2)31)12-13-34-27(19)24/h4-12,14,29H,3,13H2,1-2H3. The minimum atomic E-state index is -0.562. The van der Waals surface area contributed by atoms with E-state index in [1.54, 1.807) is 24.3 Å². The van der Waals surface area contributed by atoms with Gasteiger partial charge in [-0.25, -0.2) is 5.48 Å². The van der Waals surface area contributed by atoms with Gasteiger partial charge in [-0.3, -0.25) is 14.4 Å². The van der Waals surface area contributed by atoms with Crippen LogP contribution in [-0.2, 0) is 16.2 Å². The summed E-state index contributed by atoms with van der Waals surface area (Å²) in [5, 5.41) is 1.59. The summed E-state index contributed by atoms with van der Waals surface area (Å²) in [6.07, 6.45) is 1.54. The van der Waals surface area contributed by atoms with Crippen LogP contribution in [0.2, 0.25) is 0 Å². The molecule has 0 atom stereocenters. The van der Waals surface area contributed by atoms with Crippen molar-refractivity contribution in [2.75, 3.05) is 6.61 Å². The van der Waals surface area contributed by atoms with Gasteiger partial charge in [-0.2, -0.15) is 0 Å². The van der Waals surface area contributed by atoms with Gasteiger partial charge in [-0.05, 0) is 67.6 Å². The summed E-state index contributed by atoms with van der Waals surface area (Å²) in [7, 11) is 0.